The van der Waals surface area contributed by atoms with Crippen LogP contribution in [0, 0.1) is 41.4 Å². The van der Waals surface area contributed by atoms with Gasteiger partial charge in [0.2, 0.25) is 0 Å². The Kier molecular flexibility index (Phi) is 13.4. The SMILES string of the molecule is CO[C@@H]1CC(CC2CC[C@@H](C)C([C@H](C)C(=O)[O-])O2)O[C@]2(O[C@@](C)(C3CC[C@@](C)(C4OC(C5O[C@@](O)(CO)[C@H](C)C[C@H]5C)C[C@@H]4C)O3)C[C@@H]2C)[C@@H]1C.[Na+]. The molecule has 6 heterocycles. The van der Waals surface area contributed by atoms with Gasteiger partial charge in [0.1, 0.15) is 0 Å². The van der Waals surface area contributed by atoms with E-state index in [0.717, 1.165) is 51.4 Å². The monoisotopic (exact) mass is 746 g/mol. The Bertz CT molecular complexity index is 1240. The summed E-state index contributed by atoms with van der Waals surface area (Å²) in [5.41, 5.74) is -1.11. The van der Waals surface area contributed by atoms with Crippen molar-refractivity contribution in [2.75, 3.05) is 13.7 Å². The first-order valence-electron chi connectivity index (χ1n) is 20.0. The topological polar surface area (TPSA) is 145 Å². The van der Waals surface area contributed by atoms with Crippen molar-refractivity contribution in [3.05, 3.63) is 0 Å². The van der Waals surface area contributed by atoms with Crippen LogP contribution < -0.4 is 34.7 Å². The van der Waals surface area contributed by atoms with Crippen molar-refractivity contribution in [2.24, 2.45) is 41.4 Å². The molecule has 6 fully saturated rings. The van der Waals surface area contributed by atoms with E-state index in [4.69, 9.17) is 33.2 Å². The number of aliphatic hydroxyl groups excluding tert-OH is 1. The van der Waals surface area contributed by atoms with Crippen LogP contribution in [0.3, 0.4) is 0 Å². The van der Waals surface area contributed by atoms with Gasteiger partial charge in [0.15, 0.2) is 11.6 Å². The first-order valence-corrected chi connectivity index (χ1v) is 20.0. The number of carbonyl (C=O) groups excluding carboxylic acids is 1. The standard InChI is InChI=1S/C40H68O11.Na/c1-21-11-12-28(46-33(21)26(6)36(42)43)17-29-18-30(45-10)27(7)40(48-29)25(5)19-38(9,51-40)32-13-14-37(8,49-32)35-23(3)16-31(47-35)34-22(2)15-24(4)39(44,20-41)50-34;/h21-35,41,44H,11-20H2,1-10H3,(H,42,43);/q;+1/p-1/t21-,22-,23+,24-,25+,26+,27-,28?,29?,30-,31?,32?,33?,34?,35?,37+,38-,39+,40-;/m1./s1. The summed E-state index contributed by atoms with van der Waals surface area (Å²) in [6, 6.07) is 0. The Hall–Kier alpha value is 0.110. The molecule has 52 heavy (non-hydrogen) atoms. The molecule has 0 aliphatic carbocycles. The second-order valence-corrected chi connectivity index (χ2v) is 18.4. The van der Waals surface area contributed by atoms with Crippen LogP contribution in [0.5, 0.6) is 0 Å². The fourth-order valence-electron chi connectivity index (χ4n) is 11.3. The van der Waals surface area contributed by atoms with E-state index in [1.165, 1.54) is 0 Å². The average Bonchev–Trinajstić information content (AvgIpc) is 3.75. The number of aliphatic carboxylic acids is 1. The van der Waals surface area contributed by atoms with E-state index >= 15 is 0 Å². The maximum absolute atomic E-state index is 11.7. The Morgan fingerprint density at radius 1 is 0.885 bits per heavy atom. The summed E-state index contributed by atoms with van der Waals surface area (Å²) in [5.74, 6) is -3.70. The van der Waals surface area contributed by atoms with Crippen LogP contribution >= 0.6 is 0 Å². The molecule has 1 spiro atoms. The normalized spacial score (nSPS) is 53.2. The third kappa shape index (κ3) is 7.85. The molecule has 0 bridgehead atoms. The molecule has 7 unspecified atom stereocenters. The zero-order valence-corrected chi connectivity index (χ0v) is 35.8. The predicted molar refractivity (Wildman–Crippen MR) is 186 cm³/mol. The molecule has 294 valence electrons. The van der Waals surface area contributed by atoms with Crippen LogP contribution in [0.25, 0.3) is 0 Å². The number of hydrogen-bond donors (Lipinski definition) is 2. The number of rotatable bonds is 9. The molecule has 0 saturated carbocycles. The van der Waals surface area contributed by atoms with Crippen molar-refractivity contribution in [1.82, 2.24) is 0 Å². The zero-order chi connectivity index (χ0) is 37.3. The van der Waals surface area contributed by atoms with Gasteiger partial charge in [-0.15, -0.1) is 0 Å². The van der Waals surface area contributed by atoms with Crippen molar-refractivity contribution in [2.45, 2.75) is 192 Å². The predicted octanol–water partition coefficient (Wildman–Crippen LogP) is 1.37. The third-order valence-electron chi connectivity index (χ3n) is 14.4. The number of carboxylic acid groups (broad SMARTS) is 1. The van der Waals surface area contributed by atoms with Crippen molar-refractivity contribution < 1.29 is 82.8 Å². The molecule has 0 amide bonds. The first-order chi connectivity index (χ1) is 23.9. The molecule has 0 aromatic carbocycles. The Balaban J connectivity index is 0.00000523. The van der Waals surface area contributed by atoms with Crippen LogP contribution in [0.4, 0.5) is 0 Å². The summed E-state index contributed by atoms with van der Waals surface area (Å²) < 4.78 is 46.9. The average molecular weight is 747 g/mol. The minimum absolute atomic E-state index is 0. The van der Waals surface area contributed by atoms with Gasteiger partial charge in [0.05, 0.1) is 66.6 Å². The van der Waals surface area contributed by atoms with E-state index in [9.17, 15) is 20.1 Å². The van der Waals surface area contributed by atoms with E-state index in [1.54, 1.807) is 14.0 Å². The van der Waals surface area contributed by atoms with Gasteiger partial charge in [0, 0.05) is 49.6 Å². The third-order valence-corrected chi connectivity index (χ3v) is 14.4. The molecule has 0 aromatic heterocycles. The van der Waals surface area contributed by atoms with Gasteiger partial charge in [-0.1, -0.05) is 48.5 Å². The largest absolute Gasteiger partial charge is 1.00 e. The number of methoxy groups -OCH3 is 1. The minimum Gasteiger partial charge on any atom is -0.550 e. The van der Waals surface area contributed by atoms with Crippen LogP contribution in [0.2, 0.25) is 0 Å². The molecule has 6 aliphatic heterocycles. The summed E-state index contributed by atoms with van der Waals surface area (Å²) in [6.07, 6.45) is 5.62. The number of hydrogen-bond acceptors (Lipinski definition) is 11. The number of carbonyl (C=O) groups is 1. The Labute approximate surface area is 334 Å². The molecule has 19 atom stereocenters. The van der Waals surface area contributed by atoms with Gasteiger partial charge in [-0.2, -0.15) is 0 Å². The fourth-order valence-corrected chi connectivity index (χ4v) is 11.3. The smallest absolute Gasteiger partial charge is 0.550 e. The maximum Gasteiger partial charge on any atom is 1.00 e. The molecule has 0 radical (unpaired) electrons. The summed E-state index contributed by atoms with van der Waals surface area (Å²) in [6.45, 7) is 18.3. The summed E-state index contributed by atoms with van der Waals surface area (Å²) in [4.78, 5) is 11.7. The molecule has 11 nitrogen and oxygen atoms in total. The van der Waals surface area contributed by atoms with E-state index in [-0.39, 0.29) is 114 Å². The van der Waals surface area contributed by atoms with Crippen LogP contribution in [-0.4, -0.2) is 102 Å². The van der Waals surface area contributed by atoms with Crippen LogP contribution in [0.1, 0.15) is 120 Å². The molecule has 6 saturated heterocycles. The summed E-state index contributed by atoms with van der Waals surface area (Å²) in [5, 5.41) is 32.7. The van der Waals surface area contributed by atoms with Gasteiger partial charge in [0.25, 0.3) is 0 Å². The zero-order valence-electron chi connectivity index (χ0n) is 33.8. The molecule has 12 heteroatoms. The van der Waals surface area contributed by atoms with Gasteiger partial charge in [-0.25, -0.2) is 0 Å². The quantitative estimate of drug-likeness (QED) is 0.331. The summed E-state index contributed by atoms with van der Waals surface area (Å²) >= 11 is 0. The molecular formula is C40H67NaO11. The van der Waals surface area contributed by atoms with Crippen LogP contribution in [0.15, 0.2) is 0 Å². The van der Waals surface area contributed by atoms with Crippen molar-refractivity contribution in [1.29, 1.82) is 0 Å². The van der Waals surface area contributed by atoms with Crippen molar-refractivity contribution >= 4 is 5.97 Å². The summed E-state index contributed by atoms with van der Waals surface area (Å²) in [7, 11) is 1.76. The second-order valence-electron chi connectivity index (χ2n) is 18.4. The van der Waals surface area contributed by atoms with Gasteiger partial charge < -0.3 is 53.3 Å². The van der Waals surface area contributed by atoms with Gasteiger partial charge in [-0.05, 0) is 76.5 Å². The van der Waals surface area contributed by atoms with E-state index in [2.05, 4.69) is 48.5 Å². The number of ether oxygens (including phenoxy) is 7. The molecule has 2 N–H and O–H groups in total. The van der Waals surface area contributed by atoms with E-state index in [1.807, 2.05) is 6.92 Å². The van der Waals surface area contributed by atoms with Crippen molar-refractivity contribution in [3.63, 3.8) is 0 Å². The van der Waals surface area contributed by atoms with Gasteiger partial charge >= 0.3 is 29.6 Å². The molecule has 0 aromatic rings. The van der Waals surface area contributed by atoms with Crippen molar-refractivity contribution in [3.8, 4) is 0 Å². The van der Waals surface area contributed by atoms with E-state index in [0.29, 0.717) is 6.42 Å². The van der Waals surface area contributed by atoms with Crippen LogP contribution in [-0.2, 0) is 38.0 Å². The molecule has 6 rings (SSSR count). The first kappa shape index (κ1) is 43.2. The molecule has 6 aliphatic rings. The Morgan fingerprint density at radius 2 is 1.60 bits per heavy atom. The maximum atomic E-state index is 11.7. The van der Waals surface area contributed by atoms with Gasteiger partial charge in [-0.3, -0.25) is 0 Å². The fraction of sp³-hybridized carbons (Fsp3) is 0.975. The molecular weight excluding hydrogens is 679 g/mol. The Morgan fingerprint density at radius 3 is 2.25 bits per heavy atom. The second kappa shape index (κ2) is 16.2. The minimum atomic E-state index is -1.55. The number of aliphatic hydroxyl groups is 2. The number of carboxylic acids is 1. The van der Waals surface area contributed by atoms with E-state index < -0.39 is 41.3 Å².